The second-order valence-corrected chi connectivity index (χ2v) is 7.00. The van der Waals surface area contributed by atoms with Gasteiger partial charge in [-0.25, -0.2) is 4.79 Å². The molecule has 3 heteroatoms. The molecule has 0 fully saturated rings. The number of esters is 1. The smallest absolute Gasteiger partial charge is 0.338 e. The number of para-hydroxylation sites is 2. The van der Waals surface area contributed by atoms with Gasteiger partial charge in [-0.2, -0.15) is 0 Å². The summed E-state index contributed by atoms with van der Waals surface area (Å²) in [5, 5.41) is 0. The van der Waals surface area contributed by atoms with Gasteiger partial charge in [-0.1, -0.05) is 60.7 Å². The third-order valence-electron chi connectivity index (χ3n) is 5.18. The monoisotopic (exact) mass is 377 g/mol. The Kier molecular flexibility index (Phi) is 4.34. The number of cyclic esters (lactones) is 1. The molecule has 0 unspecified atom stereocenters. The van der Waals surface area contributed by atoms with Crippen molar-refractivity contribution in [3.05, 3.63) is 114 Å². The van der Waals surface area contributed by atoms with E-state index in [9.17, 15) is 4.79 Å². The van der Waals surface area contributed by atoms with Crippen molar-refractivity contribution >= 4 is 23.0 Å². The van der Waals surface area contributed by atoms with Crippen LogP contribution < -0.4 is 4.90 Å². The van der Waals surface area contributed by atoms with Crippen LogP contribution in [0.4, 0.5) is 17.1 Å². The minimum absolute atomic E-state index is 0.238. The topological polar surface area (TPSA) is 29.5 Å². The van der Waals surface area contributed by atoms with Gasteiger partial charge in [-0.05, 0) is 53.6 Å². The van der Waals surface area contributed by atoms with Gasteiger partial charge in [0.15, 0.2) is 0 Å². The van der Waals surface area contributed by atoms with Crippen LogP contribution >= 0.6 is 0 Å². The summed E-state index contributed by atoms with van der Waals surface area (Å²) >= 11 is 0. The Hall–Kier alpha value is -3.85. The molecule has 0 radical (unpaired) electrons. The lowest BCUT2D eigenvalue weighted by Crippen LogP contribution is -2.09. The molecule has 0 spiro atoms. The molecule has 5 rings (SSSR count). The predicted molar refractivity (Wildman–Crippen MR) is 116 cm³/mol. The molecule has 0 N–H and O–H groups in total. The second kappa shape index (κ2) is 7.28. The van der Waals surface area contributed by atoms with Crippen molar-refractivity contribution in [3.8, 4) is 11.1 Å². The summed E-state index contributed by atoms with van der Waals surface area (Å²) in [6.07, 6.45) is 0. The summed E-state index contributed by atoms with van der Waals surface area (Å²) in [6, 6.07) is 35.0. The Morgan fingerprint density at radius 2 is 1.17 bits per heavy atom. The number of ether oxygens (including phenoxy) is 1. The number of nitrogens with zero attached hydrogens (tertiary/aromatic N) is 1. The lowest BCUT2D eigenvalue weighted by Gasteiger charge is -2.25. The average molecular weight is 377 g/mol. The zero-order valence-corrected chi connectivity index (χ0v) is 15.8. The molecule has 3 nitrogen and oxygen atoms in total. The van der Waals surface area contributed by atoms with Crippen LogP contribution in [0.1, 0.15) is 15.9 Å². The van der Waals surface area contributed by atoms with Crippen molar-refractivity contribution in [2.75, 3.05) is 4.90 Å². The molecule has 4 aromatic rings. The summed E-state index contributed by atoms with van der Waals surface area (Å²) < 4.78 is 5.12. The van der Waals surface area contributed by atoms with Crippen molar-refractivity contribution in [3.63, 3.8) is 0 Å². The van der Waals surface area contributed by atoms with Gasteiger partial charge >= 0.3 is 5.97 Å². The first-order valence-electron chi connectivity index (χ1n) is 9.60. The first-order chi connectivity index (χ1) is 14.3. The van der Waals surface area contributed by atoms with E-state index in [1.54, 1.807) is 0 Å². The van der Waals surface area contributed by atoms with Gasteiger partial charge < -0.3 is 9.64 Å². The van der Waals surface area contributed by atoms with Crippen LogP contribution in [0, 0.1) is 0 Å². The normalized spacial score (nSPS) is 12.3. The Labute approximate surface area is 169 Å². The third-order valence-corrected chi connectivity index (χ3v) is 5.18. The Bertz CT molecular complexity index is 1110. The summed E-state index contributed by atoms with van der Waals surface area (Å²) in [7, 11) is 0. The van der Waals surface area contributed by atoms with Crippen molar-refractivity contribution < 1.29 is 9.53 Å². The Morgan fingerprint density at radius 3 is 1.79 bits per heavy atom. The van der Waals surface area contributed by atoms with E-state index in [-0.39, 0.29) is 5.97 Å². The van der Waals surface area contributed by atoms with E-state index in [1.807, 2.05) is 54.6 Å². The molecular weight excluding hydrogens is 358 g/mol. The maximum absolute atomic E-state index is 11.9. The van der Waals surface area contributed by atoms with Gasteiger partial charge in [0.1, 0.15) is 6.61 Å². The highest BCUT2D eigenvalue weighted by Crippen LogP contribution is 2.35. The highest BCUT2D eigenvalue weighted by molar-refractivity contribution is 5.95. The van der Waals surface area contributed by atoms with Crippen LogP contribution in [0.5, 0.6) is 0 Å². The van der Waals surface area contributed by atoms with E-state index in [1.165, 1.54) is 0 Å². The Morgan fingerprint density at radius 1 is 0.621 bits per heavy atom. The van der Waals surface area contributed by atoms with Gasteiger partial charge in [0.05, 0.1) is 5.56 Å². The number of anilines is 3. The largest absolute Gasteiger partial charge is 0.457 e. The molecule has 140 valence electrons. The summed E-state index contributed by atoms with van der Waals surface area (Å²) in [4.78, 5) is 14.1. The van der Waals surface area contributed by atoms with Gasteiger partial charge in [0, 0.05) is 22.6 Å². The van der Waals surface area contributed by atoms with E-state index >= 15 is 0 Å². The van der Waals surface area contributed by atoms with E-state index in [4.69, 9.17) is 4.74 Å². The van der Waals surface area contributed by atoms with Crippen molar-refractivity contribution in [1.82, 2.24) is 0 Å². The number of benzene rings is 4. The van der Waals surface area contributed by atoms with Crippen LogP contribution in [-0.4, -0.2) is 5.97 Å². The summed E-state index contributed by atoms with van der Waals surface area (Å²) in [6.45, 7) is 0.372. The van der Waals surface area contributed by atoms with Crippen molar-refractivity contribution in [2.24, 2.45) is 0 Å². The molecule has 1 heterocycles. The van der Waals surface area contributed by atoms with Crippen molar-refractivity contribution in [2.45, 2.75) is 6.61 Å². The van der Waals surface area contributed by atoms with Gasteiger partial charge in [0.25, 0.3) is 0 Å². The number of fused-ring (bicyclic) bond motifs is 1. The van der Waals surface area contributed by atoms with Crippen LogP contribution in [0.2, 0.25) is 0 Å². The molecular formula is C26H19NO2. The first kappa shape index (κ1) is 17.3. The van der Waals surface area contributed by atoms with Crippen molar-refractivity contribution in [1.29, 1.82) is 0 Å². The number of carbonyl (C=O) groups is 1. The molecule has 1 aliphatic heterocycles. The molecule has 4 aromatic carbocycles. The maximum Gasteiger partial charge on any atom is 0.338 e. The second-order valence-electron chi connectivity index (χ2n) is 7.00. The fraction of sp³-hybridized carbons (Fsp3) is 0.0385. The van der Waals surface area contributed by atoms with Gasteiger partial charge in [-0.15, -0.1) is 0 Å². The predicted octanol–water partition coefficient (Wildman–Crippen LogP) is 6.49. The lowest BCUT2D eigenvalue weighted by molar-refractivity contribution is 0.0535. The minimum Gasteiger partial charge on any atom is -0.457 e. The molecule has 1 aliphatic rings. The van der Waals surface area contributed by atoms with E-state index in [2.05, 4.69) is 53.4 Å². The molecule has 0 aliphatic carbocycles. The molecule has 0 bridgehead atoms. The van der Waals surface area contributed by atoms with Crippen LogP contribution in [0.15, 0.2) is 103 Å². The van der Waals surface area contributed by atoms with Gasteiger partial charge in [0.2, 0.25) is 0 Å². The molecule has 0 amide bonds. The van der Waals surface area contributed by atoms with Gasteiger partial charge in [-0.3, -0.25) is 0 Å². The number of hydrogen-bond donors (Lipinski definition) is 0. The third kappa shape index (κ3) is 3.27. The zero-order chi connectivity index (χ0) is 19.6. The SMILES string of the molecule is O=C1OCc2ccc(-c3ccc(N(c4ccccc4)c4ccccc4)cc3)cc21. The molecule has 0 saturated heterocycles. The van der Waals surface area contributed by atoms with Crippen LogP contribution in [0.25, 0.3) is 11.1 Å². The average Bonchev–Trinajstić information content (AvgIpc) is 3.16. The lowest BCUT2D eigenvalue weighted by atomic mass is 10.00. The fourth-order valence-electron chi connectivity index (χ4n) is 3.70. The van der Waals surface area contributed by atoms with E-state index < -0.39 is 0 Å². The standard InChI is InChI=1S/C26H19NO2/c28-26-25-17-20(11-12-21(25)18-29-26)19-13-15-24(16-14-19)27(22-7-3-1-4-8-22)23-9-5-2-6-10-23/h1-17H,18H2. The fourth-order valence-corrected chi connectivity index (χ4v) is 3.70. The zero-order valence-electron chi connectivity index (χ0n) is 15.8. The molecule has 0 saturated carbocycles. The van der Waals surface area contributed by atoms with Crippen LogP contribution in [-0.2, 0) is 11.3 Å². The minimum atomic E-state index is -0.238. The highest BCUT2D eigenvalue weighted by atomic mass is 16.5. The highest BCUT2D eigenvalue weighted by Gasteiger charge is 2.21. The molecule has 0 atom stereocenters. The van der Waals surface area contributed by atoms with E-state index in [0.717, 1.165) is 33.8 Å². The number of rotatable bonds is 4. The summed E-state index contributed by atoms with van der Waals surface area (Å²) in [5.74, 6) is -0.238. The molecule has 29 heavy (non-hydrogen) atoms. The van der Waals surface area contributed by atoms with E-state index in [0.29, 0.717) is 12.2 Å². The first-order valence-corrected chi connectivity index (χ1v) is 9.60. The summed E-state index contributed by atoms with van der Waals surface area (Å²) in [5.41, 5.74) is 6.99. The quantitative estimate of drug-likeness (QED) is 0.381. The maximum atomic E-state index is 11.9. The number of hydrogen-bond acceptors (Lipinski definition) is 3. The molecule has 0 aromatic heterocycles. The van der Waals surface area contributed by atoms with Crippen LogP contribution in [0.3, 0.4) is 0 Å². The number of carbonyl (C=O) groups excluding carboxylic acids is 1. The Balaban J connectivity index is 1.53.